The summed E-state index contributed by atoms with van der Waals surface area (Å²) in [5.74, 6) is 0.825. The molecule has 2 unspecified atom stereocenters. The smallest absolute Gasteiger partial charge is 0.407 e. The molecule has 0 aliphatic carbocycles. The molecule has 2 fully saturated rings. The quantitative estimate of drug-likeness (QED) is 0.793. The van der Waals surface area contributed by atoms with Crippen LogP contribution in [0.25, 0.3) is 0 Å². The van der Waals surface area contributed by atoms with Crippen LogP contribution in [-0.4, -0.2) is 46.3 Å². The Balaban J connectivity index is 1.77. The van der Waals surface area contributed by atoms with Crippen molar-refractivity contribution in [2.24, 2.45) is 0 Å². The largest absolute Gasteiger partial charge is 0.465 e. The molecular weight excluding hydrogens is 232 g/mol. The Kier molecular flexibility index (Phi) is 2.33. The van der Waals surface area contributed by atoms with E-state index in [1.54, 1.807) is 12.3 Å². The maximum atomic E-state index is 11.0. The van der Waals surface area contributed by atoms with Crippen molar-refractivity contribution in [3.8, 4) is 6.07 Å². The van der Waals surface area contributed by atoms with E-state index in [0.29, 0.717) is 18.7 Å². The lowest BCUT2D eigenvalue weighted by Gasteiger charge is -2.33. The van der Waals surface area contributed by atoms with E-state index in [-0.39, 0.29) is 12.1 Å². The van der Waals surface area contributed by atoms with E-state index in [1.807, 2.05) is 12.1 Å². The Bertz CT molecular complexity index is 522. The van der Waals surface area contributed by atoms with Gasteiger partial charge in [0.1, 0.15) is 11.9 Å². The third kappa shape index (κ3) is 1.56. The number of likely N-dealkylation sites (tertiary alicyclic amines) is 1. The number of anilines is 1. The molecule has 3 heterocycles. The van der Waals surface area contributed by atoms with Gasteiger partial charge in [0.25, 0.3) is 0 Å². The summed E-state index contributed by atoms with van der Waals surface area (Å²) in [7, 11) is 0. The highest BCUT2D eigenvalue weighted by atomic mass is 16.4. The van der Waals surface area contributed by atoms with Crippen LogP contribution in [0.1, 0.15) is 12.0 Å². The second-order valence-electron chi connectivity index (χ2n) is 4.65. The number of amides is 1. The molecule has 6 nitrogen and oxygen atoms in total. The highest BCUT2D eigenvalue weighted by molar-refractivity contribution is 5.67. The number of aromatic nitrogens is 1. The number of piperazine rings is 1. The fourth-order valence-electron chi connectivity index (χ4n) is 2.80. The van der Waals surface area contributed by atoms with Crippen molar-refractivity contribution >= 4 is 11.9 Å². The monoisotopic (exact) mass is 244 g/mol. The zero-order valence-electron chi connectivity index (χ0n) is 9.65. The normalized spacial score (nSPS) is 25.3. The topological polar surface area (TPSA) is 80.5 Å². The number of nitriles is 1. The molecule has 2 atom stereocenters. The molecule has 3 rings (SSSR count). The van der Waals surface area contributed by atoms with Gasteiger partial charge < -0.3 is 14.9 Å². The van der Waals surface area contributed by atoms with E-state index in [1.165, 1.54) is 4.90 Å². The summed E-state index contributed by atoms with van der Waals surface area (Å²) in [6.45, 7) is 1.23. The lowest BCUT2D eigenvalue weighted by molar-refractivity contribution is 0.137. The number of hydrogen-bond donors (Lipinski definition) is 1. The SMILES string of the molecule is N#Cc1ccc(N2CC3CC2CN3C(=O)O)nc1. The van der Waals surface area contributed by atoms with E-state index in [0.717, 1.165) is 12.2 Å². The summed E-state index contributed by atoms with van der Waals surface area (Å²) in [5.41, 5.74) is 0.537. The Morgan fingerprint density at radius 3 is 2.78 bits per heavy atom. The average molecular weight is 244 g/mol. The second kappa shape index (κ2) is 3.88. The van der Waals surface area contributed by atoms with Crippen LogP contribution in [0.2, 0.25) is 0 Å². The van der Waals surface area contributed by atoms with E-state index in [2.05, 4.69) is 9.88 Å². The van der Waals surface area contributed by atoms with Crippen LogP contribution in [0, 0.1) is 11.3 Å². The molecule has 1 N–H and O–H groups in total. The van der Waals surface area contributed by atoms with E-state index in [9.17, 15) is 4.79 Å². The number of carboxylic acid groups (broad SMARTS) is 1. The minimum atomic E-state index is -0.838. The van der Waals surface area contributed by atoms with Gasteiger partial charge in [-0.25, -0.2) is 9.78 Å². The van der Waals surface area contributed by atoms with Crippen molar-refractivity contribution in [1.29, 1.82) is 5.26 Å². The highest BCUT2D eigenvalue weighted by Crippen LogP contribution is 2.33. The van der Waals surface area contributed by atoms with Gasteiger partial charge in [0.2, 0.25) is 0 Å². The van der Waals surface area contributed by atoms with Gasteiger partial charge in [-0.05, 0) is 18.6 Å². The number of fused-ring (bicyclic) bond motifs is 2. The predicted molar refractivity (Wildman–Crippen MR) is 63.2 cm³/mol. The van der Waals surface area contributed by atoms with Crippen LogP contribution < -0.4 is 4.90 Å². The van der Waals surface area contributed by atoms with Gasteiger partial charge in [-0.2, -0.15) is 5.26 Å². The molecule has 1 amide bonds. The third-order valence-corrected chi connectivity index (χ3v) is 3.66. The second-order valence-corrected chi connectivity index (χ2v) is 4.65. The van der Waals surface area contributed by atoms with Crippen LogP contribution in [0.15, 0.2) is 18.3 Å². The van der Waals surface area contributed by atoms with Gasteiger partial charge in [0.15, 0.2) is 0 Å². The number of carbonyl (C=O) groups is 1. The van der Waals surface area contributed by atoms with Crippen LogP contribution >= 0.6 is 0 Å². The standard InChI is InChI=1S/C12H12N4O2/c13-4-8-1-2-11(14-5-8)15-6-10-3-9(15)7-16(10)12(17)18/h1-2,5,9-10H,3,6-7H2,(H,17,18). The first kappa shape index (κ1) is 10.8. The maximum Gasteiger partial charge on any atom is 0.407 e. The fraction of sp³-hybridized carbons (Fsp3) is 0.417. The van der Waals surface area contributed by atoms with Crippen LogP contribution in [-0.2, 0) is 0 Å². The molecule has 2 bridgehead atoms. The lowest BCUT2D eigenvalue weighted by Crippen LogP contribution is -2.48. The fourth-order valence-corrected chi connectivity index (χ4v) is 2.80. The zero-order valence-corrected chi connectivity index (χ0v) is 9.65. The molecule has 92 valence electrons. The number of hydrogen-bond acceptors (Lipinski definition) is 4. The summed E-state index contributed by atoms with van der Waals surface area (Å²) in [6.07, 6.45) is 1.58. The first-order chi connectivity index (χ1) is 8.69. The Hall–Kier alpha value is -2.29. The third-order valence-electron chi connectivity index (χ3n) is 3.66. The van der Waals surface area contributed by atoms with Crippen molar-refractivity contribution in [3.63, 3.8) is 0 Å². The Morgan fingerprint density at radius 2 is 2.28 bits per heavy atom. The van der Waals surface area contributed by atoms with E-state index < -0.39 is 6.09 Å². The minimum Gasteiger partial charge on any atom is -0.465 e. The molecule has 2 aliphatic rings. The Morgan fingerprint density at radius 1 is 1.44 bits per heavy atom. The van der Waals surface area contributed by atoms with Gasteiger partial charge in [0, 0.05) is 19.3 Å². The maximum absolute atomic E-state index is 11.0. The highest BCUT2D eigenvalue weighted by Gasteiger charge is 2.45. The molecular formula is C12H12N4O2. The van der Waals surface area contributed by atoms with Gasteiger partial charge in [0.05, 0.1) is 17.6 Å². The van der Waals surface area contributed by atoms with Crippen LogP contribution in [0.4, 0.5) is 10.6 Å². The molecule has 1 aromatic rings. The summed E-state index contributed by atoms with van der Waals surface area (Å²) in [4.78, 5) is 18.9. The van der Waals surface area contributed by atoms with E-state index >= 15 is 0 Å². The van der Waals surface area contributed by atoms with Crippen molar-refractivity contribution in [2.75, 3.05) is 18.0 Å². The summed E-state index contributed by atoms with van der Waals surface area (Å²) < 4.78 is 0. The average Bonchev–Trinajstić information content (AvgIpc) is 2.98. The van der Waals surface area contributed by atoms with Gasteiger partial charge in [-0.15, -0.1) is 0 Å². The molecule has 18 heavy (non-hydrogen) atoms. The van der Waals surface area contributed by atoms with Crippen molar-refractivity contribution in [3.05, 3.63) is 23.9 Å². The Labute approximate surface area is 104 Å². The molecule has 0 radical (unpaired) electrons. The number of pyridine rings is 1. The molecule has 2 aliphatic heterocycles. The molecule has 2 saturated heterocycles. The van der Waals surface area contributed by atoms with E-state index in [4.69, 9.17) is 10.4 Å². The molecule has 6 heteroatoms. The van der Waals surface area contributed by atoms with Crippen LogP contribution in [0.3, 0.4) is 0 Å². The first-order valence-corrected chi connectivity index (χ1v) is 5.81. The van der Waals surface area contributed by atoms with Gasteiger partial charge in [-0.1, -0.05) is 0 Å². The molecule has 0 aromatic carbocycles. The zero-order chi connectivity index (χ0) is 12.7. The summed E-state index contributed by atoms with van der Waals surface area (Å²) in [5, 5.41) is 17.7. The lowest BCUT2D eigenvalue weighted by atomic mass is 10.2. The van der Waals surface area contributed by atoms with Crippen molar-refractivity contribution in [1.82, 2.24) is 9.88 Å². The molecule has 0 saturated carbocycles. The van der Waals surface area contributed by atoms with Crippen molar-refractivity contribution < 1.29 is 9.90 Å². The van der Waals surface area contributed by atoms with Gasteiger partial charge >= 0.3 is 6.09 Å². The number of nitrogens with zero attached hydrogens (tertiary/aromatic N) is 4. The number of rotatable bonds is 1. The summed E-state index contributed by atoms with van der Waals surface area (Å²) >= 11 is 0. The minimum absolute atomic E-state index is 0.0740. The molecule has 0 spiro atoms. The van der Waals surface area contributed by atoms with Crippen molar-refractivity contribution in [2.45, 2.75) is 18.5 Å². The van der Waals surface area contributed by atoms with Crippen LogP contribution in [0.5, 0.6) is 0 Å². The van der Waals surface area contributed by atoms with Gasteiger partial charge in [-0.3, -0.25) is 0 Å². The predicted octanol–water partition coefficient (Wildman–Crippen LogP) is 0.894. The summed E-state index contributed by atoms with van der Waals surface area (Å²) in [6, 6.07) is 5.89. The molecule has 1 aromatic heterocycles. The first-order valence-electron chi connectivity index (χ1n) is 5.81.